The number of hydrogen-bond acceptors (Lipinski definition) is 6. The molecule has 6 nitrogen and oxygen atoms in total. The normalized spacial score (nSPS) is 5.09. The van der Waals surface area contributed by atoms with E-state index in [2.05, 4.69) is 0 Å². The quantitative estimate of drug-likeness (QED) is 0.338. The third kappa shape index (κ3) is 1270. The van der Waals surface area contributed by atoms with Gasteiger partial charge in [0.1, 0.15) is 0 Å². The van der Waals surface area contributed by atoms with Gasteiger partial charge in [0.15, 0.2) is 0 Å². The van der Waals surface area contributed by atoms with Crippen LogP contribution in [0.15, 0.2) is 0 Å². The first-order valence-corrected chi connectivity index (χ1v) is 2.02. The van der Waals surface area contributed by atoms with Crippen LogP contribution in [0.25, 0.3) is 0 Å². The van der Waals surface area contributed by atoms with E-state index in [9.17, 15) is 0 Å². The minimum Gasteiger partial charge on any atom is -0.550 e. The van der Waals surface area contributed by atoms with Gasteiger partial charge in [-0.25, -0.2) is 0 Å². The minimum absolute atomic E-state index is 0. The molecule has 0 heterocycles. The SMILES string of the molecule is CC(=O)[O-].CC(=O)[O-].OO.[Co+2]. The van der Waals surface area contributed by atoms with E-state index < -0.39 is 11.9 Å². The predicted octanol–water partition coefficient (Wildman–Crippen LogP) is -2.47. The fraction of sp³-hybridized carbons (Fsp3) is 0.500. The van der Waals surface area contributed by atoms with Gasteiger partial charge in [0.05, 0.1) is 0 Å². The second-order valence-electron chi connectivity index (χ2n) is 0.983. The van der Waals surface area contributed by atoms with Crippen LogP contribution in [0.3, 0.4) is 0 Å². The van der Waals surface area contributed by atoms with Gasteiger partial charge in [-0.2, -0.15) is 0 Å². The molecule has 0 aliphatic carbocycles. The molecule has 0 aromatic carbocycles. The van der Waals surface area contributed by atoms with Crippen LogP contribution in [-0.4, -0.2) is 22.5 Å². The molecular weight excluding hydrogens is 203 g/mol. The third-order valence-electron chi connectivity index (χ3n) is 0. The number of rotatable bonds is 0. The Morgan fingerprint density at radius 3 is 1.00 bits per heavy atom. The van der Waals surface area contributed by atoms with Crippen molar-refractivity contribution in [2.45, 2.75) is 13.8 Å². The Balaban J connectivity index is -0.0000000339. The molecule has 0 saturated carbocycles. The fourth-order valence-corrected chi connectivity index (χ4v) is 0. The van der Waals surface area contributed by atoms with Gasteiger partial charge in [-0.05, 0) is 13.8 Å². The summed E-state index contributed by atoms with van der Waals surface area (Å²) in [6, 6.07) is 0. The number of hydrogen-bond donors (Lipinski definition) is 2. The van der Waals surface area contributed by atoms with Crippen molar-refractivity contribution in [1.29, 1.82) is 0 Å². The molecular formula is C4H8CoO6. The van der Waals surface area contributed by atoms with E-state index in [-0.39, 0.29) is 16.8 Å². The van der Waals surface area contributed by atoms with E-state index >= 15 is 0 Å². The van der Waals surface area contributed by atoms with E-state index in [1.165, 1.54) is 0 Å². The van der Waals surface area contributed by atoms with E-state index in [0.29, 0.717) is 0 Å². The second kappa shape index (κ2) is 22.8. The van der Waals surface area contributed by atoms with Gasteiger partial charge in [0.25, 0.3) is 0 Å². The first-order valence-electron chi connectivity index (χ1n) is 2.02. The van der Waals surface area contributed by atoms with Gasteiger partial charge in [0.2, 0.25) is 0 Å². The van der Waals surface area contributed by atoms with Gasteiger partial charge in [-0.3, -0.25) is 10.5 Å². The van der Waals surface area contributed by atoms with Crippen molar-refractivity contribution in [3.05, 3.63) is 0 Å². The monoisotopic (exact) mass is 211 g/mol. The zero-order chi connectivity index (χ0) is 9.15. The molecule has 0 atom stereocenters. The number of carbonyl (C=O) groups is 2. The molecule has 69 valence electrons. The van der Waals surface area contributed by atoms with Crippen molar-refractivity contribution in [3.8, 4) is 0 Å². The molecule has 0 aliphatic heterocycles. The largest absolute Gasteiger partial charge is 2.00 e. The predicted molar refractivity (Wildman–Crippen MR) is 26.6 cm³/mol. The van der Waals surface area contributed by atoms with E-state index in [0.717, 1.165) is 13.8 Å². The van der Waals surface area contributed by atoms with E-state index in [1.807, 2.05) is 0 Å². The van der Waals surface area contributed by atoms with Crippen LogP contribution in [0, 0.1) is 0 Å². The summed E-state index contributed by atoms with van der Waals surface area (Å²) >= 11 is 0. The molecule has 0 amide bonds. The summed E-state index contributed by atoms with van der Waals surface area (Å²) in [5.41, 5.74) is 0. The molecule has 0 spiro atoms. The molecule has 2 N–H and O–H groups in total. The Labute approximate surface area is 73.6 Å². The summed E-state index contributed by atoms with van der Waals surface area (Å²) in [6.07, 6.45) is 0. The fourth-order valence-electron chi connectivity index (χ4n) is 0. The maximum atomic E-state index is 8.89. The Bertz CT molecular complexity index is 72.6. The maximum Gasteiger partial charge on any atom is 2.00 e. The second-order valence-corrected chi connectivity index (χ2v) is 0.983. The Kier molecular flexibility index (Phi) is 46.4. The molecule has 0 fully saturated rings. The summed E-state index contributed by atoms with van der Waals surface area (Å²) in [4.78, 5) is 17.8. The number of carboxylic acid groups (broad SMARTS) is 2. The summed E-state index contributed by atoms with van der Waals surface area (Å²) in [6.45, 7) is 1.94. The first-order chi connectivity index (χ1) is 4.46. The van der Waals surface area contributed by atoms with Gasteiger partial charge in [0, 0.05) is 11.9 Å². The molecule has 7 heteroatoms. The Hall–Kier alpha value is -0.634. The van der Waals surface area contributed by atoms with Crippen LogP contribution in [0.5, 0.6) is 0 Å². The van der Waals surface area contributed by atoms with Crippen LogP contribution in [0.4, 0.5) is 0 Å². The summed E-state index contributed by atoms with van der Waals surface area (Å²) in [7, 11) is 0. The summed E-state index contributed by atoms with van der Waals surface area (Å²) in [5.74, 6) is -2.17. The molecule has 0 saturated heterocycles. The molecule has 0 aliphatic rings. The van der Waals surface area contributed by atoms with Crippen LogP contribution < -0.4 is 10.2 Å². The molecule has 11 heavy (non-hydrogen) atoms. The topological polar surface area (TPSA) is 121 Å². The Morgan fingerprint density at radius 1 is 1.00 bits per heavy atom. The van der Waals surface area contributed by atoms with Crippen LogP contribution >= 0.6 is 0 Å². The van der Waals surface area contributed by atoms with Crippen molar-refractivity contribution in [1.82, 2.24) is 0 Å². The minimum atomic E-state index is -1.08. The standard InChI is InChI=1S/2C2H4O2.Co.H2O2/c2*1-2(3)4;;1-2/h2*1H3,(H,3,4);;1-2H/q;;+2;/p-2. The molecule has 1 radical (unpaired) electrons. The molecule has 0 bridgehead atoms. The van der Waals surface area contributed by atoms with E-state index in [4.69, 9.17) is 30.3 Å². The van der Waals surface area contributed by atoms with Crippen molar-refractivity contribution < 1.29 is 47.1 Å². The van der Waals surface area contributed by atoms with Crippen molar-refractivity contribution in [3.63, 3.8) is 0 Å². The van der Waals surface area contributed by atoms with Gasteiger partial charge in [-0.15, -0.1) is 0 Å². The van der Waals surface area contributed by atoms with Gasteiger partial charge >= 0.3 is 16.8 Å². The number of aliphatic carboxylic acids is 2. The molecule has 0 aromatic heterocycles. The van der Waals surface area contributed by atoms with Crippen molar-refractivity contribution in [2.75, 3.05) is 0 Å². The summed E-state index contributed by atoms with van der Waals surface area (Å²) < 4.78 is 0. The zero-order valence-corrected chi connectivity index (χ0v) is 6.90. The van der Waals surface area contributed by atoms with Gasteiger partial charge in [-0.1, -0.05) is 0 Å². The van der Waals surface area contributed by atoms with Crippen LogP contribution in [-0.2, 0) is 26.4 Å². The molecule has 0 unspecified atom stereocenters. The van der Waals surface area contributed by atoms with Crippen LogP contribution in [0.1, 0.15) is 13.8 Å². The van der Waals surface area contributed by atoms with Gasteiger partial charge < -0.3 is 19.8 Å². The molecule has 0 rings (SSSR count). The van der Waals surface area contributed by atoms with Crippen molar-refractivity contribution >= 4 is 11.9 Å². The average Bonchev–Trinajstić information content (AvgIpc) is 1.66. The Morgan fingerprint density at radius 2 is 1.00 bits per heavy atom. The smallest absolute Gasteiger partial charge is 0.550 e. The maximum absolute atomic E-state index is 8.89. The van der Waals surface area contributed by atoms with E-state index in [1.54, 1.807) is 0 Å². The number of carbonyl (C=O) groups excluding carboxylic acids is 2. The summed E-state index contributed by atoms with van der Waals surface area (Å²) in [5, 5.41) is 29.8. The van der Waals surface area contributed by atoms with Crippen LogP contribution in [0.2, 0.25) is 0 Å². The van der Waals surface area contributed by atoms with Crippen molar-refractivity contribution in [2.24, 2.45) is 0 Å². The first kappa shape index (κ1) is 22.4. The molecule has 0 aromatic rings. The third-order valence-corrected chi connectivity index (χ3v) is 0. The zero-order valence-electron chi connectivity index (χ0n) is 5.86. The average molecular weight is 211 g/mol. The number of carboxylic acids is 2.